The molecule has 1 aliphatic heterocycles. The molecule has 7 heteroatoms. The van der Waals surface area contributed by atoms with Gasteiger partial charge in [-0.3, -0.25) is 4.79 Å². The minimum atomic E-state index is -0.555. The summed E-state index contributed by atoms with van der Waals surface area (Å²) in [5, 5.41) is 2.87. The van der Waals surface area contributed by atoms with Crippen LogP contribution in [0.3, 0.4) is 0 Å². The van der Waals surface area contributed by atoms with Crippen molar-refractivity contribution < 1.29 is 23.9 Å². The summed E-state index contributed by atoms with van der Waals surface area (Å²) in [5.74, 6) is -0.257. The molecule has 1 amide bonds. The second-order valence-corrected chi connectivity index (χ2v) is 8.00. The Bertz CT molecular complexity index is 1310. The number of cyclic esters (lactones) is 1. The quantitative estimate of drug-likeness (QED) is 0.335. The summed E-state index contributed by atoms with van der Waals surface area (Å²) in [7, 11) is 0. The summed E-state index contributed by atoms with van der Waals surface area (Å²) in [5.41, 5.74) is 2.64. The Labute approximate surface area is 195 Å². The Kier molecular flexibility index (Phi) is 5.74. The van der Waals surface area contributed by atoms with Crippen LogP contribution in [0.15, 0.2) is 89.6 Å². The standard InChI is InChI=1S/C27H20N2O5/c30-24(18-8-9-18)28-21-12-10-19(11-13-21)25-29-23(27(32)34-25)16-17-6-14-22(15-7-17)33-26(31)20-4-2-1-3-5-20/h1-7,10-16,18H,8-9H2,(H,28,30)/b23-16+. The van der Waals surface area contributed by atoms with Crippen molar-refractivity contribution in [2.24, 2.45) is 10.9 Å². The fraction of sp³-hybridized carbons (Fsp3) is 0.111. The van der Waals surface area contributed by atoms with Crippen LogP contribution in [0.5, 0.6) is 5.75 Å². The Morgan fingerprint density at radius 1 is 0.941 bits per heavy atom. The lowest BCUT2D eigenvalue weighted by Gasteiger charge is -2.05. The molecule has 0 aromatic heterocycles. The number of rotatable bonds is 6. The summed E-state index contributed by atoms with van der Waals surface area (Å²) in [6.07, 6.45) is 3.48. The maximum absolute atomic E-state index is 12.3. The van der Waals surface area contributed by atoms with Gasteiger partial charge in [0.1, 0.15) is 5.75 Å². The van der Waals surface area contributed by atoms with Crippen LogP contribution in [-0.4, -0.2) is 23.7 Å². The maximum atomic E-state index is 12.3. The van der Waals surface area contributed by atoms with Gasteiger partial charge in [0.05, 0.1) is 5.56 Å². The maximum Gasteiger partial charge on any atom is 0.363 e. The van der Waals surface area contributed by atoms with Crippen molar-refractivity contribution in [2.75, 3.05) is 5.32 Å². The molecule has 168 valence electrons. The summed E-state index contributed by atoms with van der Waals surface area (Å²) in [6, 6.07) is 22.4. The highest BCUT2D eigenvalue weighted by Crippen LogP contribution is 2.30. The number of anilines is 1. The van der Waals surface area contributed by atoms with E-state index in [2.05, 4.69) is 10.3 Å². The normalized spacial score (nSPS) is 16.1. The molecule has 0 spiro atoms. The third-order valence-corrected chi connectivity index (χ3v) is 5.37. The van der Waals surface area contributed by atoms with Gasteiger partial charge in [-0.15, -0.1) is 0 Å². The Balaban J connectivity index is 1.25. The molecule has 1 aliphatic carbocycles. The van der Waals surface area contributed by atoms with Crippen LogP contribution >= 0.6 is 0 Å². The molecule has 3 aromatic carbocycles. The lowest BCUT2D eigenvalue weighted by molar-refractivity contribution is -0.130. The minimum absolute atomic E-state index is 0.0310. The average molecular weight is 452 g/mol. The second kappa shape index (κ2) is 9.15. The Morgan fingerprint density at radius 3 is 2.32 bits per heavy atom. The van der Waals surface area contributed by atoms with Crippen LogP contribution in [0.25, 0.3) is 6.08 Å². The monoisotopic (exact) mass is 452 g/mol. The summed E-state index contributed by atoms with van der Waals surface area (Å²) >= 11 is 0. The van der Waals surface area contributed by atoms with Crippen molar-refractivity contribution >= 4 is 35.5 Å². The molecule has 1 fully saturated rings. The summed E-state index contributed by atoms with van der Waals surface area (Å²) in [6.45, 7) is 0. The number of hydrogen-bond donors (Lipinski definition) is 1. The van der Waals surface area contributed by atoms with E-state index in [-0.39, 0.29) is 23.4 Å². The Hall–Kier alpha value is -4.52. The fourth-order valence-electron chi connectivity index (χ4n) is 3.35. The number of nitrogens with zero attached hydrogens (tertiary/aromatic N) is 1. The molecule has 0 unspecified atom stereocenters. The zero-order valence-electron chi connectivity index (χ0n) is 18.1. The largest absolute Gasteiger partial charge is 0.423 e. The number of hydrogen-bond acceptors (Lipinski definition) is 6. The number of ether oxygens (including phenoxy) is 2. The van der Waals surface area contributed by atoms with Crippen molar-refractivity contribution in [1.29, 1.82) is 0 Å². The lowest BCUT2D eigenvalue weighted by Crippen LogP contribution is -2.13. The van der Waals surface area contributed by atoms with Crippen LogP contribution < -0.4 is 10.1 Å². The smallest absolute Gasteiger partial charge is 0.363 e. The second-order valence-electron chi connectivity index (χ2n) is 8.00. The topological polar surface area (TPSA) is 94.1 Å². The van der Waals surface area contributed by atoms with Crippen molar-refractivity contribution in [2.45, 2.75) is 12.8 Å². The number of amides is 1. The van der Waals surface area contributed by atoms with E-state index in [1.807, 2.05) is 6.07 Å². The third kappa shape index (κ3) is 4.94. The first-order valence-electron chi connectivity index (χ1n) is 10.9. The predicted octanol–water partition coefficient (Wildman–Crippen LogP) is 4.60. The molecule has 0 atom stereocenters. The summed E-state index contributed by atoms with van der Waals surface area (Å²) in [4.78, 5) is 40.6. The lowest BCUT2D eigenvalue weighted by atomic mass is 10.2. The van der Waals surface area contributed by atoms with Gasteiger partial charge in [-0.2, -0.15) is 0 Å². The first-order chi connectivity index (χ1) is 16.5. The van der Waals surface area contributed by atoms with E-state index in [0.717, 1.165) is 12.8 Å². The first-order valence-corrected chi connectivity index (χ1v) is 10.9. The van der Waals surface area contributed by atoms with Gasteiger partial charge in [0.15, 0.2) is 5.70 Å². The molecule has 2 aliphatic rings. The SMILES string of the molecule is O=C1OC(c2ccc(NC(=O)C3CC3)cc2)=N/C1=C/c1ccc(OC(=O)c2ccccc2)cc1. The van der Waals surface area contributed by atoms with E-state index in [1.165, 1.54) is 0 Å². The number of carbonyl (C=O) groups excluding carboxylic acids is 3. The van der Waals surface area contributed by atoms with Crippen LogP contribution in [0, 0.1) is 5.92 Å². The van der Waals surface area contributed by atoms with Gasteiger partial charge in [0.2, 0.25) is 11.8 Å². The summed E-state index contributed by atoms with van der Waals surface area (Å²) < 4.78 is 10.7. The fourth-order valence-corrected chi connectivity index (χ4v) is 3.35. The molecular weight excluding hydrogens is 432 g/mol. The van der Waals surface area contributed by atoms with Crippen molar-refractivity contribution in [3.63, 3.8) is 0 Å². The van der Waals surface area contributed by atoms with E-state index in [4.69, 9.17) is 9.47 Å². The number of carbonyl (C=O) groups is 3. The molecular formula is C27H20N2O5. The average Bonchev–Trinajstić information content (AvgIpc) is 3.65. The van der Waals surface area contributed by atoms with Gasteiger partial charge >= 0.3 is 11.9 Å². The highest BCUT2D eigenvalue weighted by Gasteiger charge is 2.29. The van der Waals surface area contributed by atoms with E-state index in [9.17, 15) is 14.4 Å². The van der Waals surface area contributed by atoms with E-state index < -0.39 is 11.9 Å². The van der Waals surface area contributed by atoms with Crippen molar-refractivity contribution in [3.05, 3.63) is 101 Å². The highest BCUT2D eigenvalue weighted by molar-refractivity contribution is 6.13. The number of benzene rings is 3. The molecule has 1 heterocycles. The molecule has 0 radical (unpaired) electrons. The molecule has 5 rings (SSSR count). The van der Waals surface area contributed by atoms with Gasteiger partial charge in [-0.1, -0.05) is 30.3 Å². The van der Waals surface area contributed by atoms with E-state index in [0.29, 0.717) is 28.1 Å². The van der Waals surface area contributed by atoms with Crippen LogP contribution in [0.1, 0.15) is 34.3 Å². The zero-order valence-corrected chi connectivity index (χ0v) is 18.1. The molecule has 0 saturated heterocycles. The molecule has 7 nitrogen and oxygen atoms in total. The van der Waals surface area contributed by atoms with E-state index in [1.54, 1.807) is 78.9 Å². The van der Waals surface area contributed by atoms with Gasteiger partial charge in [-0.25, -0.2) is 14.6 Å². The molecule has 1 saturated carbocycles. The highest BCUT2D eigenvalue weighted by atomic mass is 16.6. The van der Waals surface area contributed by atoms with Crippen LogP contribution in [0.4, 0.5) is 5.69 Å². The predicted molar refractivity (Wildman–Crippen MR) is 126 cm³/mol. The molecule has 1 N–H and O–H groups in total. The van der Waals surface area contributed by atoms with Crippen LogP contribution in [-0.2, 0) is 14.3 Å². The van der Waals surface area contributed by atoms with Gasteiger partial charge < -0.3 is 14.8 Å². The number of aliphatic imine (C=N–C) groups is 1. The third-order valence-electron chi connectivity index (χ3n) is 5.37. The van der Waals surface area contributed by atoms with Gasteiger partial charge in [-0.05, 0) is 73.0 Å². The number of nitrogens with one attached hydrogen (secondary N) is 1. The van der Waals surface area contributed by atoms with E-state index >= 15 is 0 Å². The van der Waals surface area contributed by atoms with Crippen LogP contribution in [0.2, 0.25) is 0 Å². The zero-order chi connectivity index (χ0) is 23.5. The molecule has 0 bridgehead atoms. The molecule has 34 heavy (non-hydrogen) atoms. The van der Waals surface area contributed by atoms with Crippen molar-refractivity contribution in [3.8, 4) is 5.75 Å². The number of esters is 2. The van der Waals surface area contributed by atoms with Gasteiger partial charge in [0.25, 0.3) is 0 Å². The van der Waals surface area contributed by atoms with Gasteiger partial charge in [0, 0.05) is 17.2 Å². The minimum Gasteiger partial charge on any atom is -0.423 e. The van der Waals surface area contributed by atoms with Crippen molar-refractivity contribution in [1.82, 2.24) is 0 Å². The Morgan fingerprint density at radius 2 is 1.65 bits per heavy atom. The first kappa shape index (κ1) is 21.3. The molecule has 3 aromatic rings.